The van der Waals surface area contributed by atoms with Crippen molar-refractivity contribution in [3.63, 3.8) is 0 Å². The highest BCUT2D eigenvalue weighted by molar-refractivity contribution is 14.2. The number of carbonyl (C=O) groups is 1. The molecule has 0 aliphatic heterocycles. The molecule has 1 N–H and O–H groups in total. The molecule has 1 rings (SSSR count). The van der Waals surface area contributed by atoms with Crippen LogP contribution in [-0.4, -0.2) is 5.91 Å². The molecule has 0 aliphatic rings. The summed E-state index contributed by atoms with van der Waals surface area (Å²) in [5.41, 5.74) is 0.921. The average molecular weight is 573 g/mol. The highest BCUT2D eigenvalue weighted by Gasteiger charge is 2.09. The van der Waals surface area contributed by atoms with E-state index < -0.39 is 0 Å². The van der Waals surface area contributed by atoms with Gasteiger partial charge in [-0.05, 0) is 79.4 Å². The maximum Gasteiger partial charge on any atom is 0.259 e. The topological polar surface area (TPSA) is 29.1 Å². The molecule has 16 heavy (non-hydrogen) atoms. The van der Waals surface area contributed by atoms with Crippen molar-refractivity contribution < 1.29 is 4.79 Å². The third-order valence-corrected chi connectivity index (χ3v) is 6.30. The summed E-state index contributed by atoms with van der Waals surface area (Å²) in [4.78, 5) is 11.6. The molecule has 0 radical (unpaired) electrons. The van der Waals surface area contributed by atoms with Gasteiger partial charge in [0.05, 0.1) is 5.17 Å². The average Bonchev–Trinajstić information content (AvgIpc) is 2.26. The second kappa shape index (κ2) is 7.37. The van der Waals surface area contributed by atoms with Crippen LogP contribution in [0.5, 0.6) is 0 Å². The molecule has 0 atom stereocenters. The first-order valence-corrected chi connectivity index (χ1v) is 7.86. The summed E-state index contributed by atoms with van der Waals surface area (Å²) in [5.74, 6) is -0.0701. The number of hydrogen-bond donors (Lipinski definition) is 1. The number of nitrogens with one attached hydrogen (secondary N) is 1. The lowest BCUT2D eigenvalue weighted by Crippen LogP contribution is -2.22. The van der Waals surface area contributed by atoms with E-state index in [1.54, 1.807) is 0 Å². The number of hydrogen-bond acceptors (Lipinski definition) is 1. The Balaban J connectivity index is 2.63. The minimum atomic E-state index is -0.0701. The van der Waals surface area contributed by atoms with Gasteiger partial charge in [-0.2, -0.15) is 0 Å². The van der Waals surface area contributed by atoms with Gasteiger partial charge >= 0.3 is 0 Å². The molecular weight excluding hydrogens is 566 g/mol. The van der Waals surface area contributed by atoms with Crippen LogP contribution in [0.1, 0.15) is 5.56 Å². The van der Waals surface area contributed by atoms with E-state index in [2.05, 4.69) is 50.5 Å². The Kier molecular flexibility index (Phi) is 6.89. The molecule has 0 saturated carbocycles. The maximum atomic E-state index is 11.6. The van der Waals surface area contributed by atoms with E-state index in [1.165, 1.54) is 0 Å². The molecule has 0 saturated heterocycles. The Morgan fingerprint density at radius 3 is 2.44 bits per heavy atom. The van der Waals surface area contributed by atoms with E-state index in [1.807, 2.05) is 46.9 Å². The predicted octanol–water partition coefficient (Wildman–Crippen LogP) is 4.43. The number of amides is 1. The molecule has 0 unspecified atom stereocenters. The molecule has 86 valence electrons. The molecule has 0 aromatic heterocycles. The third-order valence-electron chi connectivity index (χ3n) is 1.76. The molecule has 0 fully saturated rings. The van der Waals surface area contributed by atoms with Gasteiger partial charge < -0.3 is 5.32 Å². The zero-order chi connectivity index (χ0) is 12.1. The van der Waals surface area contributed by atoms with E-state index in [-0.39, 0.29) is 5.91 Å². The standard InChI is InChI=1S/C10H7ClI3NO/c11-7-4-2-1-3-6(7)5-15-10(16)8(12)9(13)14/h1-4H,5H2,(H,15,16). The van der Waals surface area contributed by atoms with Gasteiger partial charge in [-0.1, -0.05) is 29.8 Å². The first-order valence-electron chi connectivity index (χ1n) is 4.24. The highest BCUT2D eigenvalue weighted by Crippen LogP contribution is 2.25. The van der Waals surface area contributed by atoms with Crippen LogP contribution in [0.25, 0.3) is 0 Å². The molecule has 0 aliphatic carbocycles. The Morgan fingerprint density at radius 1 is 1.25 bits per heavy atom. The lowest BCUT2D eigenvalue weighted by molar-refractivity contribution is -0.116. The number of rotatable bonds is 3. The molecule has 1 aromatic rings. The zero-order valence-corrected chi connectivity index (χ0v) is 15.2. The first kappa shape index (κ1) is 15.0. The lowest BCUT2D eigenvalue weighted by Gasteiger charge is -2.06. The van der Waals surface area contributed by atoms with Gasteiger partial charge in [-0.25, -0.2) is 0 Å². The van der Waals surface area contributed by atoms with Crippen molar-refractivity contribution in [2.24, 2.45) is 0 Å². The Labute approximate surface area is 140 Å². The molecule has 2 nitrogen and oxygen atoms in total. The summed E-state index contributed by atoms with van der Waals surface area (Å²) >= 11 is 12.2. The molecule has 6 heteroatoms. The summed E-state index contributed by atoms with van der Waals surface area (Å²) in [6.45, 7) is 0.450. The van der Waals surface area contributed by atoms with Crippen molar-refractivity contribution in [3.05, 3.63) is 40.0 Å². The van der Waals surface area contributed by atoms with Crippen LogP contribution in [0.15, 0.2) is 29.4 Å². The van der Waals surface area contributed by atoms with Crippen molar-refractivity contribution in [1.29, 1.82) is 0 Å². The Morgan fingerprint density at radius 2 is 1.88 bits per heavy atom. The van der Waals surface area contributed by atoms with Crippen molar-refractivity contribution in [2.45, 2.75) is 6.54 Å². The quantitative estimate of drug-likeness (QED) is 0.421. The number of halogens is 4. The monoisotopic (exact) mass is 573 g/mol. The molecule has 1 amide bonds. The predicted molar refractivity (Wildman–Crippen MR) is 92.4 cm³/mol. The Bertz CT molecular complexity index is 430. The van der Waals surface area contributed by atoms with Crippen molar-refractivity contribution in [2.75, 3.05) is 0 Å². The maximum absolute atomic E-state index is 11.6. The van der Waals surface area contributed by atoms with Crippen molar-refractivity contribution >= 4 is 85.3 Å². The van der Waals surface area contributed by atoms with E-state index in [0.29, 0.717) is 15.1 Å². The van der Waals surface area contributed by atoms with E-state index in [9.17, 15) is 4.79 Å². The van der Waals surface area contributed by atoms with Crippen molar-refractivity contribution in [3.8, 4) is 0 Å². The fraction of sp³-hybridized carbons (Fsp3) is 0.100. The summed E-state index contributed by atoms with van der Waals surface area (Å²) in [7, 11) is 0. The van der Waals surface area contributed by atoms with Gasteiger partial charge in [0.15, 0.2) is 0 Å². The van der Waals surface area contributed by atoms with Gasteiger partial charge in [-0.15, -0.1) is 0 Å². The van der Waals surface area contributed by atoms with E-state index in [4.69, 9.17) is 11.6 Å². The van der Waals surface area contributed by atoms with Crippen LogP contribution in [0, 0.1) is 0 Å². The van der Waals surface area contributed by atoms with Gasteiger partial charge in [0.2, 0.25) is 0 Å². The van der Waals surface area contributed by atoms with Gasteiger partial charge in [-0.3, -0.25) is 4.79 Å². The first-order chi connectivity index (χ1) is 7.52. The summed E-state index contributed by atoms with van der Waals surface area (Å²) in [5, 5.41) is 3.49. The van der Waals surface area contributed by atoms with E-state index in [0.717, 1.165) is 7.15 Å². The summed E-state index contributed by atoms with van der Waals surface area (Å²) in [6.07, 6.45) is 0. The zero-order valence-electron chi connectivity index (χ0n) is 7.94. The van der Waals surface area contributed by atoms with E-state index >= 15 is 0 Å². The highest BCUT2D eigenvalue weighted by atomic mass is 127. The van der Waals surface area contributed by atoms with Gasteiger partial charge in [0.1, 0.15) is 0 Å². The number of carbonyl (C=O) groups excluding carboxylic acids is 1. The van der Waals surface area contributed by atoms with Crippen LogP contribution in [-0.2, 0) is 11.3 Å². The SMILES string of the molecule is O=C(NCc1ccccc1Cl)C(I)=C(I)I. The lowest BCUT2D eigenvalue weighted by atomic mass is 10.2. The fourth-order valence-electron chi connectivity index (χ4n) is 0.981. The van der Waals surface area contributed by atoms with Crippen LogP contribution in [0.2, 0.25) is 5.02 Å². The smallest absolute Gasteiger partial charge is 0.259 e. The van der Waals surface area contributed by atoms with Crippen LogP contribution in [0.4, 0.5) is 0 Å². The van der Waals surface area contributed by atoms with Crippen molar-refractivity contribution in [1.82, 2.24) is 5.32 Å². The van der Waals surface area contributed by atoms with Crippen LogP contribution in [0.3, 0.4) is 0 Å². The second-order valence-electron chi connectivity index (χ2n) is 2.85. The van der Waals surface area contributed by atoms with Crippen LogP contribution < -0.4 is 5.32 Å². The second-order valence-corrected chi connectivity index (χ2v) is 8.56. The molecular formula is C10H7ClI3NO. The van der Waals surface area contributed by atoms with Gasteiger partial charge in [0, 0.05) is 11.6 Å². The third kappa shape index (κ3) is 4.65. The molecule has 1 aromatic carbocycles. The van der Waals surface area contributed by atoms with Gasteiger partial charge in [0.25, 0.3) is 5.91 Å². The number of benzene rings is 1. The summed E-state index contributed by atoms with van der Waals surface area (Å²) < 4.78 is 1.65. The summed E-state index contributed by atoms with van der Waals surface area (Å²) in [6, 6.07) is 7.47. The van der Waals surface area contributed by atoms with Crippen LogP contribution >= 0.6 is 79.4 Å². The molecule has 0 spiro atoms. The molecule has 0 bridgehead atoms. The minimum Gasteiger partial charge on any atom is -0.347 e. The largest absolute Gasteiger partial charge is 0.347 e. The minimum absolute atomic E-state index is 0.0701. The Hall–Kier alpha value is 0.910. The fourth-order valence-corrected chi connectivity index (χ4v) is 1.86. The normalized spacial score (nSPS) is 9.75. The molecule has 0 heterocycles.